The molecular weight excluding hydrogens is 254 g/mol. The molecule has 0 unspecified atom stereocenters. The zero-order valence-corrected chi connectivity index (χ0v) is 11.6. The molecule has 1 aliphatic rings. The molecule has 1 fully saturated rings. The van der Waals surface area contributed by atoms with Crippen LogP contribution in [-0.4, -0.2) is 22.9 Å². The van der Waals surface area contributed by atoms with Crippen molar-refractivity contribution in [2.45, 2.75) is 39.5 Å². The molecule has 3 N–H and O–H groups in total. The van der Waals surface area contributed by atoms with Crippen molar-refractivity contribution in [3.8, 4) is 0 Å². The maximum absolute atomic E-state index is 11.6. The molecule has 1 aliphatic carbocycles. The van der Waals surface area contributed by atoms with Gasteiger partial charge in [-0.15, -0.1) is 11.6 Å². The molecule has 4 nitrogen and oxygen atoms in total. The maximum Gasteiger partial charge on any atom is 0.332 e. The Morgan fingerprint density at radius 2 is 1.94 bits per heavy atom. The van der Waals surface area contributed by atoms with Crippen molar-refractivity contribution in [1.82, 2.24) is 0 Å². The SMILES string of the molecule is CC1(C)C[C@]1(C(N)=O)C(=CCCCCCl)C(=O)O. The van der Waals surface area contributed by atoms with E-state index in [2.05, 4.69) is 0 Å². The van der Waals surface area contributed by atoms with Crippen LogP contribution < -0.4 is 5.73 Å². The summed E-state index contributed by atoms with van der Waals surface area (Å²) in [6, 6.07) is 0. The van der Waals surface area contributed by atoms with Crippen molar-refractivity contribution in [2.75, 3.05) is 5.88 Å². The lowest BCUT2D eigenvalue weighted by molar-refractivity contribution is -0.136. The predicted molar refractivity (Wildman–Crippen MR) is 70.3 cm³/mol. The highest BCUT2D eigenvalue weighted by molar-refractivity contribution is 6.17. The van der Waals surface area contributed by atoms with Crippen LogP contribution in [0.25, 0.3) is 0 Å². The van der Waals surface area contributed by atoms with Gasteiger partial charge in [-0.3, -0.25) is 4.79 Å². The lowest BCUT2D eigenvalue weighted by atomic mass is 9.86. The van der Waals surface area contributed by atoms with Gasteiger partial charge in [-0.1, -0.05) is 19.9 Å². The highest BCUT2D eigenvalue weighted by Crippen LogP contribution is 2.67. The second kappa shape index (κ2) is 5.31. The maximum atomic E-state index is 11.6. The Morgan fingerprint density at radius 1 is 1.39 bits per heavy atom. The molecule has 102 valence electrons. The van der Waals surface area contributed by atoms with Crippen LogP contribution in [-0.2, 0) is 9.59 Å². The highest BCUT2D eigenvalue weighted by Gasteiger charge is 2.68. The zero-order chi connectivity index (χ0) is 14.0. The van der Waals surface area contributed by atoms with E-state index in [1.54, 1.807) is 6.08 Å². The summed E-state index contributed by atoms with van der Waals surface area (Å²) < 4.78 is 0. The van der Waals surface area contributed by atoms with Crippen LogP contribution in [0, 0.1) is 10.8 Å². The first-order valence-electron chi connectivity index (χ1n) is 6.09. The number of unbranched alkanes of at least 4 members (excludes halogenated alkanes) is 2. The molecule has 1 atom stereocenters. The number of carboxylic acids is 1. The second-order valence-electron chi connectivity index (χ2n) is 5.44. The van der Waals surface area contributed by atoms with E-state index in [4.69, 9.17) is 17.3 Å². The van der Waals surface area contributed by atoms with Gasteiger partial charge in [-0.25, -0.2) is 4.79 Å². The number of allylic oxidation sites excluding steroid dienone is 1. The molecular formula is C13H20ClNO3. The van der Waals surface area contributed by atoms with Gasteiger partial charge < -0.3 is 10.8 Å². The summed E-state index contributed by atoms with van der Waals surface area (Å²) in [7, 11) is 0. The molecule has 0 spiro atoms. The van der Waals surface area contributed by atoms with Crippen molar-refractivity contribution >= 4 is 23.5 Å². The fraction of sp³-hybridized carbons (Fsp3) is 0.692. The number of hydrogen-bond donors (Lipinski definition) is 2. The molecule has 0 radical (unpaired) electrons. The van der Waals surface area contributed by atoms with Gasteiger partial charge in [0.15, 0.2) is 0 Å². The quantitative estimate of drug-likeness (QED) is 0.424. The third kappa shape index (κ3) is 2.53. The molecule has 0 bridgehead atoms. The van der Waals surface area contributed by atoms with Gasteiger partial charge >= 0.3 is 5.97 Å². The lowest BCUT2D eigenvalue weighted by Gasteiger charge is -2.17. The van der Waals surface area contributed by atoms with Gasteiger partial charge in [-0.2, -0.15) is 0 Å². The fourth-order valence-electron chi connectivity index (χ4n) is 2.56. The molecule has 0 aromatic heterocycles. The fourth-order valence-corrected chi connectivity index (χ4v) is 2.75. The Balaban J connectivity index is 2.92. The standard InChI is InChI=1S/C13H20ClNO3/c1-12(2)8-13(12,11(15)18)9(10(16)17)6-4-3-5-7-14/h6H,3-5,7-8H2,1-2H3,(H2,15,18)(H,16,17)/t13-/m1/s1. The van der Waals surface area contributed by atoms with E-state index < -0.39 is 17.3 Å². The van der Waals surface area contributed by atoms with Crippen molar-refractivity contribution in [3.63, 3.8) is 0 Å². The summed E-state index contributed by atoms with van der Waals surface area (Å²) in [4.78, 5) is 23.0. The van der Waals surface area contributed by atoms with E-state index in [0.29, 0.717) is 18.7 Å². The number of carboxylic acid groups (broad SMARTS) is 1. The number of alkyl halides is 1. The van der Waals surface area contributed by atoms with Gasteiger partial charge in [0.1, 0.15) is 0 Å². The monoisotopic (exact) mass is 273 g/mol. The van der Waals surface area contributed by atoms with Crippen molar-refractivity contribution < 1.29 is 14.7 Å². The summed E-state index contributed by atoms with van der Waals surface area (Å²) in [6.45, 7) is 3.74. The van der Waals surface area contributed by atoms with Crippen LogP contribution in [0.2, 0.25) is 0 Å². The van der Waals surface area contributed by atoms with Gasteiger partial charge in [0.25, 0.3) is 0 Å². The number of primary amides is 1. The topological polar surface area (TPSA) is 80.4 Å². The van der Waals surface area contributed by atoms with E-state index in [-0.39, 0.29) is 11.0 Å². The predicted octanol–water partition coefficient (Wildman–Crippen LogP) is 2.31. The van der Waals surface area contributed by atoms with E-state index in [0.717, 1.165) is 12.8 Å². The third-order valence-electron chi connectivity index (χ3n) is 3.78. The Hall–Kier alpha value is -1.03. The Kier molecular flexibility index (Phi) is 4.43. The molecule has 18 heavy (non-hydrogen) atoms. The average Bonchev–Trinajstić information content (AvgIpc) is 2.82. The number of halogens is 1. The first-order chi connectivity index (χ1) is 8.29. The van der Waals surface area contributed by atoms with E-state index in [9.17, 15) is 14.7 Å². The molecule has 0 aromatic carbocycles. The number of hydrogen-bond acceptors (Lipinski definition) is 2. The number of amides is 1. The van der Waals surface area contributed by atoms with Gasteiger partial charge in [0.2, 0.25) is 5.91 Å². The van der Waals surface area contributed by atoms with E-state index in [1.165, 1.54) is 0 Å². The minimum atomic E-state index is -1.05. The van der Waals surface area contributed by atoms with Crippen LogP contribution in [0.4, 0.5) is 0 Å². The van der Waals surface area contributed by atoms with Crippen LogP contribution in [0.1, 0.15) is 39.5 Å². The van der Waals surface area contributed by atoms with Crippen LogP contribution in [0.3, 0.4) is 0 Å². The number of carbonyl (C=O) groups excluding carboxylic acids is 1. The Labute approximate surface area is 112 Å². The summed E-state index contributed by atoms with van der Waals surface area (Å²) >= 11 is 5.57. The summed E-state index contributed by atoms with van der Waals surface area (Å²) in [5.41, 5.74) is 4.20. The smallest absolute Gasteiger partial charge is 0.332 e. The zero-order valence-electron chi connectivity index (χ0n) is 10.8. The molecule has 1 rings (SSSR count). The molecule has 0 aromatic rings. The molecule has 0 saturated heterocycles. The van der Waals surface area contributed by atoms with Crippen molar-refractivity contribution in [3.05, 3.63) is 11.6 Å². The Morgan fingerprint density at radius 3 is 2.28 bits per heavy atom. The molecule has 1 amide bonds. The van der Waals surface area contributed by atoms with Crippen LogP contribution in [0.15, 0.2) is 11.6 Å². The van der Waals surface area contributed by atoms with Crippen LogP contribution >= 0.6 is 11.6 Å². The summed E-state index contributed by atoms with van der Waals surface area (Å²) in [6.07, 6.45) is 4.39. The normalized spacial score (nSPS) is 25.8. The Bertz CT molecular complexity index is 390. The van der Waals surface area contributed by atoms with E-state index >= 15 is 0 Å². The van der Waals surface area contributed by atoms with Gasteiger partial charge in [0.05, 0.1) is 5.41 Å². The second-order valence-corrected chi connectivity index (χ2v) is 5.82. The first-order valence-corrected chi connectivity index (χ1v) is 6.63. The number of aliphatic carboxylic acids is 1. The number of rotatable bonds is 7. The number of carbonyl (C=O) groups is 2. The number of nitrogens with two attached hydrogens (primary N) is 1. The minimum absolute atomic E-state index is 0.148. The van der Waals surface area contributed by atoms with Crippen molar-refractivity contribution in [2.24, 2.45) is 16.6 Å². The third-order valence-corrected chi connectivity index (χ3v) is 4.05. The summed E-state index contributed by atoms with van der Waals surface area (Å²) in [5, 5.41) is 9.28. The van der Waals surface area contributed by atoms with Crippen molar-refractivity contribution in [1.29, 1.82) is 0 Å². The first kappa shape index (κ1) is 15.0. The summed E-state index contributed by atoms with van der Waals surface area (Å²) in [5.74, 6) is -1.04. The van der Waals surface area contributed by atoms with Gasteiger partial charge in [0, 0.05) is 11.5 Å². The minimum Gasteiger partial charge on any atom is -0.478 e. The average molecular weight is 274 g/mol. The lowest BCUT2D eigenvalue weighted by Crippen LogP contribution is -2.33. The largest absolute Gasteiger partial charge is 0.478 e. The molecule has 5 heteroatoms. The highest BCUT2D eigenvalue weighted by atomic mass is 35.5. The molecule has 0 aliphatic heterocycles. The van der Waals surface area contributed by atoms with Gasteiger partial charge in [-0.05, 0) is 31.1 Å². The molecule has 1 saturated carbocycles. The van der Waals surface area contributed by atoms with E-state index in [1.807, 2.05) is 13.8 Å². The molecule has 0 heterocycles. The van der Waals surface area contributed by atoms with Crippen LogP contribution in [0.5, 0.6) is 0 Å².